The summed E-state index contributed by atoms with van der Waals surface area (Å²) in [4.78, 5) is 38.5. The number of aliphatic imine (C=N–C) groups is 1. The maximum atomic E-state index is 13.1. The van der Waals surface area contributed by atoms with Crippen LogP contribution in [0.2, 0.25) is 0 Å². The quantitative estimate of drug-likeness (QED) is 0.187. The van der Waals surface area contributed by atoms with E-state index >= 15 is 0 Å². The zero-order valence-corrected chi connectivity index (χ0v) is 24.2. The van der Waals surface area contributed by atoms with Crippen LogP contribution in [-0.4, -0.2) is 62.4 Å². The summed E-state index contributed by atoms with van der Waals surface area (Å²) in [7, 11) is 4.66. The molecule has 0 aliphatic rings. The second-order valence-corrected chi connectivity index (χ2v) is 9.01. The highest BCUT2D eigenvalue weighted by molar-refractivity contribution is 5.95. The van der Waals surface area contributed by atoms with Crippen LogP contribution in [0.4, 0.5) is 13.2 Å². The van der Waals surface area contributed by atoms with Gasteiger partial charge in [0.05, 0.1) is 27.8 Å². The molecule has 236 valence electrons. The summed E-state index contributed by atoms with van der Waals surface area (Å²) in [6.45, 7) is 0.324. The molecule has 0 radical (unpaired) electrons. The Bertz CT molecular complexity index is 1420. The Hall–Kier alpha value is -5.27. The van der Waals surface area contributed by atoms with Crippen LogP contribution >= 0.6 is 0 Å². The lowest BCUT2D eigenvalue weighted by Crippen LogP contribution is -2.50. The molecule has 11 nitrogen and oxygen atoms in total. The van der Waals surface area contributed by atoms with Crippen LogP contribution in [0.1, 0.15) is 16.7 Å². The first-order valence-electron chi connectivity index (χ1n) is 12.9. The van der Waals surface area contributed by atoms with Crippen LogP contribution in [0, 0.1) is 0 Å². The molecule has 3 aromatic rings. The number of nitrogens with two attached hydrogens (primary N) is 1. The first-order chi connectivity index (χ1) is 20.9. The molecule has 14 heteroatoms. The van der Waals surface area contributed by atoms with Gasteiger partial charge in [0.1, 0.15) is 11.8 Å². The van der Waals surface area contributed by atoms with Crippen molar-refractivity contribution in [2.45, 2.75) is 31.6 Å². The number of alkyl halides is 3. The molecule has 2 amide bonds. The second-order valence-electron chi connectivity index (χ2n) is 9.01. The lowest BCUT2D eigenvalue weighted by Gasteiger charge is -2.19. The van der Waals surface area contributed by atoms with Gasteiger partial charge in [0, 0.05) is 13.0 Å². The van der Waals surface area contributed by atoms with Crippen molar-refractivity contribution in [3.63, 3.8) is 0 Å². The lowest BCUT2D eigenvalue weighted by molar-refractivity contribution is -0.192. The van der Waals surface area contributed by atoms with Gasteiger partial charge in [0.2, 0.25) is 5.91 Å². The fourth-order valence-electron chi connectivity index (χ4n) is 3.66. The van der Waals surface area contributed by atoms with Crippen molar-refractivity contribution in [3.05, 3.63) is 89.5 Å². The van der Waals surface area contributed by atoms with Gasteiger partial charge in [-0.1, -0.05) is 48.5 Å². The number of nitrogens with zero attached hydrogens (tertiary/aromatic N) is 1. The average Bonchev–Trinajstić information content (AvgIpc) is 2.99. The molecule has 0 saturated carbocycles. The number of guanidine groups is 1. The van der Waals surface area contributed by atoms with Crippen molar-refractivity contribution < 1.29 is 46.9 Å². The standard InChI is InChI=1S/C28H32N4O5.C2HF3O2/c1-35-22-12-9-20(10-13-22)18-30-27(34)23(15-19-7-5-4-6-8-19)31-28(29)32-26(33)17-21-11-14-24(36-2)25(16-21)37-3;3-2(4,5)1(6)7/h4-14,16,23H,15,17-18H2,1-3H3,(H,30,34)(H3,29,31,32,33);(H,6,7). The van der Waals surface area contributed by atoms with E-state index in [1.807, 2.05) is 54.6 Å². The SMILES string of the molecule is COc1ccc(CNC(=O)C(Cc2ccccc2)NC(N)=NC(=O)Cc2ccc(OC)c(OC)c2)cc1.O=C(O)C(F)(F)F. The Labute approximate surface area is 251 Å². The van der Waals surface area contributed by atoms with Gasteiger partial charge >= 0.3 is 12.1 Å². The molecule has 0 saturated heterocycles. The number of carboxylic acids is 1. The first-order valence-corrected chi connectivity index (χ1v) is 12.9. The van der Waals surface area contributed by atoms with Crippen molar-refractivity contribution >= 4 is 23.7 Å². The highest BCUT2D eigenvalue weighted by Gasteiger charge is 2.38. The Balaban J connectivity index is 0.000000860. The lowest BCUT2D eigenvalue weighted by atomic mass is 10.1. The third-order valence-electron chi connectivity index (χ3n) is 5.84. The molecule has 0 spiro atoms. The predicted molar refractivity (Wildman–Crippen MR) is 155 cm³/mol. The molecule has 0 aromatic heterocycles. The van der Waals surface area contributed by atoms with E-state index in [1.165, 1.54) is 7.11 Å². The average molecular weight is 619 g/mol. The van der Waals surface area contributed by atoms with E-state index < -0.39 is 24.1 Å². The van der Waals surface area contributed by atoms with E-state index in [0.29, 0.717) is 30.0 Å². The number of carbonyl (C=O) groups excluding carboxylic acids is 2. The first kappa shape index (κ1) is 34.9. The molecule has 0 heterocycles. The molecule has 0 aliphatic heterocycles. The van der Waals surface area contributed by atoms with E-state index in [9.17, 15) is 22.8 Å². The molecule has 3 rings (SSSR count). The summed E-state index contributed by atoms with van der Waals surface area (Å²) < 4.78 is 47.4. The Morgan fingerprint density at radius 2 is 1.45 bits per heavy atom. The number of carbonyl (C=O) groups is 3. The number of amides is 2. The number of methoxy groups -OCH3 is 3. The minimum absolute atomic E-state index is 0.00967. The van der Waals surface area contributed by atoms with Gasteiger partial charge in [-0.3, -0.25) is 9.59 Å². The third kappa shape index (κ3) is 11.9. The molecule has 1 unspecified atom stereocenters. The fourth-order valence-corrected chi connectivity index (χ4v) is 3.66. The molecular weight excluding hydrogens is 585 g/mol. The van der Waals surface area contributed by atoms with E-state index in [4.69, 9.17) is 29.8 Å². The van der Waals surface area contributed by atoms with Crippen molar-refractivity contribution in [2.75, 3.05) is 21.3 Å². The predicted octanol–water partition coefficient (Wildman–Crippen LogP) is 3.25. The summed E-state index contributed by atoms with van der Waals surface area (Å²) in [5.74, 6) is -1.81. The van der Waals surface area contributed by atoms with Crippen LogP contribution in [0.25, 0.3) is 0 Å². The molecule has 0 aliphatic carbocycles. The molecule has 5 N–H and O–H groups in total. The van der Waals surface area contributed by atoms with Gasteiger partial charge in [-0.2, -0.15) is 18.2 Å². The van der Waals surface area contributed by atoms with Crippen LogP contribution in [0.5, 0.6) is 17.2 Å². The number of aliphatic carboxylic acids is 1. The van der Waals surface area contributed by atoms with Gasteiger partial charge in [0.15, 0.2) is 17.5 Å². The summed E-state index contributed by atoms with van der Waals surface area (Å²) in [5, 5.41) is 12.9. The Morgan fingerprint density at radius 3 is 2.00 bits per heavy atom. The van der Waals surface area contributed by atoms with Gasteiger partial charge in [-0.05, 0) is 41.0 Å². The molecule has 0 fully saturated rings. The Kier molecular flexibility index (Phi) is 13.5. The monoisotopic (exact) mass is 618 g/mol. The van der Waals surface area contributed by atoms with Crippen LogP contribution in [-0.2, 0) is 33.8 Å². The van der Waals surface area contributed by atoms with Crippen molar-refractivity contribution in [1.29, 1.82) is 0 Å². The van der Waals surface area contributed by atoms with E-state index in [-0.39, 0.29) is 18.3 Å². The minimum atomic E-state index is -5.08. The maximum absolute atomic E-state index is 13.1. The van der Waals surface area contributed by atoms with Crippen LogP contribution in [0.15, 0.2) is 77.8 Å². The summed E-state index contributed by atoms with van der Waals surface area (Å²) in [5.41, 5.74) is 8.58. The number of hydrogen-bond donors (Lipinski definition) is 4. The maximum Gasteiger partial charge on any atom is 0.490 e. The second kappa shape index (κ2) is 17.0. The van der Waals surface area contributed by atoms with Gasteiger partial charge < -0.3 is 35.7 Å². The molecule has 1 atom stereocenters. The number of halogens is 3. The van der Waals surface area contributed by atoms with Crippen LogP contribution < -0.4 is 30.6 Å². The number of rotatable bonds is 11. The third-order valence-corrected chi connectivity index (χ3v) is 5.84. The number of carboxylic acid groups (broad SMARTS) is 1. The van der Waals surface area contributed by atoms with E-state index in [0.717, 1.165) is 16.9 Å². The molecule has 44 heavy (non-hydrogen) atoms. The van der Waals surface area contributed by atoms with Gasteiger partial charge in [-0.25, -0.2) is 4.79 Å². The number of hydrogen-bond acceptors (Lipinski definition) is 6. The van der Waals surface area contributed by atoms with Crippen molar-refractivity contribution in [3.8, 4) is 17.2 Å². The Morgan fingerprint density at radius 1 is 0.864 bits per heavy atom. The normalized spacial score (nSPS) is 11.7. The van der Waals surface area contributed by atoms with Gasteiger partial charge in [0.25, 0.3) is 5.91 Å². The van der Waals surface area contributed by atoms with Crippen molar-refractivity contribution in [2.24, 2.45) is 10.7 Å². The van der Waals surface area contributed by atoms with Crippen LogP contribution in [0.3, 0.4) is 0 Å². The summed E-state index contributed by atoms with van der Waals surface area (Å²) in [6, 6.07) is 21.4. The fraction of sp³-hybridized carbons (Fsp3) is 0.267. The van der Waals surface area contributed by atoms with E-state index in [1.54, 1.807) is 32.4 Å². The minimum Gasteiger partial charge on any atom is -0.497 e. The highest BCUT2D eigenvalue weighted by Crippen LogP contribution is 2.27. The number of ether oxygens (including phenoxy) is 3. The number of nitrogens with one attached hydrogen (secondary N) is 2. The highest BCUT2D eigenvalue weighted by atomic mass is 19.4. The van der Waals surface area contributed by atoms with Gasteiger partial charge in [-0.15, -0.1) is 0 Å². The summed E-state index contributed by atoms with van der Waals surface area (Å²) in [6.07, 6.45) is -4.72. The largest absolute Gasteiger partial charge is 0.497 e. The molecule has 3 aromatic carbocycles. The van der Waals surface area contributed by atoms with Crippen molar-refractivity contribution in [1.82, 2.24) is 10.6 Å². The zero-order chi connectivity index (χ0) is 32.7. The molecular formula is C30H33F3N4O7. The zero-order valence-electron chi connectivity index (χ0n) is 24.2. The van der Waals surface area contributed by atoms with E-state index in [2.05, 4.69) is 15.6 Å². The topological polar surface area (TPSA) is 162 Å². The smallest absolute Gasteiger partial charge is 0.490 e. The summed E-state index contributed by atoms with van der Waals surface area (Å²) >= 11 is 0. The molecule has 0 bridgehead atoms. The number of benzene rings is 3.